The van der Waals surface area contributed by atoms with Gasteiger partial charge >= 0.3 is 0 Å². The van der Waals surface area contributed by atoms with Crippen LogP contribution in [0.1, 0.15) is 35.9 Å². The molecule has 1 aliphatic heterocycles. The molecule has 1 aromatic carbocycles. The number of hydrogen-bond donors (Lipinski definition) is 0. The standard InChI is InChI=1S/C18H19N3O2/c1-13-6-8-14(9-7-13)15-4-2-10-21(15)12-17-19-20-18(23-17)16-5-3-11-22-16/h3,5-9,11,15H,2,4,10,12H2,1H3. The fraction of sp³-hybridized carbons (Fsp3) is 0.333. The molecule has 1 aliphatic rings. The molecular formula is C18H19N3O2. The highest BCUT2D eigenvalue weighted by atomic mass is 16.4. The highest BCUT2D eigenvalue weighted by molar-refractivity contribution is 5.42. The molecule has 3 aromatic rings. The van der Waals surface area contributed by atoms with Crippen molar-refractivity contribution in [2.75, 3.05) is 6.54 Å². The second-order valence-corrected chi connectivity index (χ2v) is 6.02. The van der Waals surface area contributed by atoms with Crippen molar-refractivity contribution in [1.29, 1.82) is 0 Å². The normalized spacial score (nSPS) is 18.6. The Labute approximate surface area is 134 Å². The summed E-state index contributed by atoms with van der Waals surface area (Å²) in [4.78, 5) is 2.41. The Morgan fingerprint density at radius 2 is 2.04 bits per heavy atom. The van der Waals surface area contributed by atoms with E-state index in [4.69, 9.17) is 8.83 Å². The average molecular weight is 309 g/mol. The van der Waals surface area contributed by atoms with E-state index in [0.29, 0.717) is 30.1 Å². The number of aromatic nitrogens is 2. The van der Waals surface area contributed by atoms with Gasteiger partial charge < -0.3 is 8.83 Å². The van der Waals surface area contributed by atoms with E-state index < -0.39 is 0 Å². The Kier molecular flexibility index (Phi) is 3.71. The molecule has 0 saturated carbocycles. The van der Waals surface area contributed by atoms with Crippen molar-refractivity contribution in [2.45, 2.75) is 32.4 Å². The lowest BCUT2D eigenvalue weighted by Crippen LogP contribution is -2.22. The predicted octanol–water partition coefficient (Wildman–Crippen LogP) is 3.98. The van der Waals surface area contributed by atoms with Crippen LogP contribution in [0.15, 0.2) is 51.5 Å². The van der Waals surface area contributed by atoms with Gasteiger partial charge in [-0.2, -0.15) is 0 Å². The number of nitrogens with zero attached hydrogens (tertiary/aromatic N) is 3. The molecule has 2 aromatic heterocycles. The minimum absolute atomic E-state index is 0.426. The maximum Gasteiger partial charge on any atom is 0.283 e. The van der Waals surface area contributed by atoms with Crippen LogP contribution in [0.5, 0.6) is 0 Å². The maximum absolute atomic E-state index is 5.74. The molecule has 0 amide bonds. The molecule has 1 atom stereocenters. The van der Waals surface area contributed by atoms with Gasteiger partial charge in [0.25, 0.3) is 5.89 Å². The van der Waals surface area contributed by atoms with Crippen molar-refractivity contribution >= 4 is 0 Å². The van der Waals surface area contributed by atoms with E-state index in [1.165, 1.54) is 24.0 Å². The van der Waals surface area contributed by atoms with E-state index in [-0.39, 0.29) is 0 Å². The van der Waals surface area contributed by atoms with Gasteiger partial charge in [0, 0.05) is 6.04 Å². The van der Waals surface area contributed by atoms with Gasteiger partial charge in [-0.1, -0.05) is 29.8 Å². The highest BCUT2D eigenvalue weighted by Crippen LogP contribution is 2.33. The van der Waals surface area contributed by atoms with Crippen molar-refractivity contribution in [1.82, 2.24) is 15.1 Å². The van der Waals surface area contributed by atoms with Crippen LogP contribution in [0, 0.1) is 6.92 Å². The molecule has 23 heavy (non-hydrogen) atoms. The second kappa shape index (κ2) is 6.01. The molecule has 0 aliphatic carbocycles. The van der Waals surface area contributed by atoms with Gasteiger partial charge in [-0.15, -0.1) is 10.2 Å². The largest absolute Gasteiger partial charge is 0.459 e. The summed E-state index contributed by atoms with van der Waals surface area (Å²) in [5.41, 5.74) is 2.65. The van der Waals surface area contributed by atoms with Crippen LogP contribution < -0.4 is 0 Å². The van der Waals surface area contributed by atoms with E-state index >= 15 is 0 Å². The molecule has 0 bridgehead atoms. The number of benzene rings is 1. The lowest BCUT2D eigenvalue weighted by Gasteiger charge is -2.23. The molecule has 1 unspecified atom stereocenters. The first-order valence-corrected chi connectivity index (χ1v) is 7.96. The van der Waals surface area contributed by atoms with Crippen LogP contribution >= 0.6 is 0 Å². The van der Waals surface area contributed by atoms with Crippen LogP contribution in [0.3, 0.4) is 0 Å². The fourth-order valence-electron chi connectivity index (χ4n) is 3.17. The van der Waals surface area contributed by atoms with E-state index in [2.05, 4.69) is 46.3 Å². The van der Waals surface area contributed by atoms with E-state index in [0.717, 1.165) is 6.54 Å². The average Bonchev–Trinajstić information content (AvgIpc) is 3.29. The molecule has 118 valence electrons. The number of rotatable bonds is 4. The van der Waals surface area contributed by atoms with Crippen molar-refractivity contribution in [3.05, 3.63) is 59.7 Å². The summed E-state index contributed by atoms with van der Waals surface area (Å²) in [6.45, 7) is 3.84. The van der Waals surface area contributed by atoms with Gasteiger partial charge in [0.1, 0.15) is 0 Å². The predicted molar refractivity (Wildman–Crippen MR) is 85.6 cm³/mol. The van der Waals surface area contributed by atoms with Gasteiger partial charge in [0.15, 0.2) is 5.76 Å². The maximum atomic E-state index is 5.74. The lowest BCUT2D eigenvalue weighted by molar-refractivity contribution is 0.224. The molecule has 3 heterocycles. The fourth-order valence-corrected chi connectivity index (χ4v) is 3.17. The summed E-state index contributed by atoms with van der Waals surface area (Å²) < 4.78 is 11.0. The zero-order valence-corrected chi connectivity index (χ0v) is 13.1. The first-order chi connectivity index (χ1) is 11.3. The topological polar surface area (TPSA) is 55.3 Å². The molecule has 0 N–H and O–H groups in total. The minimum atomic E-state index is 0.426. The smallest absolute Gasteiger partial charge is 0.283 e. The second-order valence-electron chi connectivity index (χ2n) is 6.02. The third-order valence-electron chi connectivity index (χ3n) is 4.36. The molecule has 0 spiro atoms. The van der Waals surface area contributed by atoms with Crippen LogP contribution in [-0.4, -0.2) is 21.6 Å². The van der Waals surface area contributed by atoms with E-state index in [1.54, 1.807) is 6.26 Å². The van der Waals surface area contributed by atoms with Crippen LogP contribution in [0.2, 0.25) is 0 Å². The molecular weight excluding hydrogens is 290 g/mol. The van der Waals surface area contributed by atoms with E-state index in [1.807, 2.05) is 12.1 Å². The van der Waals surface area contributed by atoms with Crippen LogP contribution in [0.4, 0.5) is 0 Å². The summed E-state index contributed by atoms with van der Waals surface area (Å²) in [5, 5.41) is 8.23. The number of likely N-dealkylation sites (tertiary alicyclic amines) is 1. The molecule has 4 rings (SSSR count). The first kappa shape index (κ1) is 14.2. The summed E-state index contributed by atoms with van der Waals surface area (Å²) >= 11 is 0. The van der Waals surface area contributed by atoms with Gasteiger partial charge in [-0.05, 0) is 44.0 Å². The van der Waals surface area contributed by atoms with Gasteiger partial charge in [0.2, 0.25) is 5.89 Å². The molecule has 0 radical (unpaired) electrons. The number of furan rings is 1. The third kappa shape index (κ3) is 2.92. The van der Waals surface area contributed by atoms with Crippen molar-refractivity contribution in [3.8, 4) is 11.7 Å². The number of aryl methyl sites for hydroxylation is 1. The number of hydrogen-bond acceptors (Lipinski definition) is 5. The molecule has 5 heteroatoms. The summed E-state index contributed by atoms with van der Waals surface area (Å²) in [6, 6.07) is 12.9. The SMILES string of the molecule is Cc1ccc(C2CCCN2Cc2nnc(-c3ccco3)o2)cc1. The summed E-state index contributed by atoms with van der Waals surface area (Å²) in [7, 11) is 0. The zero-order valence-electron chi connectivity index (χ0n) is 13.1. The monoisotopic (exact) mass is 309 g/mol. The molecule has 5 nitrogen and oxygen atoms in total. The third-order valence-corrected chi connectivity index (χ3v) is 4.36. The Balaban J connectivity index is 1.50. The Bertz CT molecular complexity index is 762. The Morgan fingerprint density at radius 3 is 2.83 bits per heavy atom. The Morgan fingerprint density at radius 1 is 1.17 bits per heavy atom. The highest BCUT2D eigenvalue weighted by Gasteiger charge is 2.27. The summed E-state index contributed by atoms with van der Waals surface area (Å²) in [5.74, 6) is 1.69. The Hall–Kier alpha value is -2.40. The van der Waals surface area contributed by atoms with Crippen molar-refractivity contribution < 1.29 is 8.83 Å². The molecule has 1 fully saturated rings. The zero-order chi connectivity index (χ0) is 15.6. The van der Waals surface area contributed by atoms with Gasteiger partial charge in [-0.3, -0.25) is 4.90 Å². The summed E-state index contributed by atoms with van der Waals surface area (Å²) in [6.07, 6.45) is 3.97. The van der Waals surface area contributed by atoms with Gasteiger partial charge in [-0.25, -0.2) is 0 Å². The lowest BCUT2D eigenvalue weighted by atomic mass is 10.0. The van der Waals surface area contributed by atoms with Crippen molar-refractivity contribution in [2.24, 2.45) is 0 Å². The molecule has 1 saturated heterocycles. The van der Waals surface area contributed by atoms with Crippen molar-refractivity contribution in [3.63, 3.8) is 0 Å². The van der Waals surface area contributed by atoms with Gasteiger partial charge in [0.05, 0.1) is 12.8 Å². The quantitative estimate of drug-likeness (QED) is 0.729. The minimum Gasteiger partial charge on any atom is -0.459 e. The first-order valence-electron chi connectivity index (χ1n) is 7.96. The van der Waals surface area contributed by atoms with E-state index in [9.17, 15) is 0 Å². The van der Waals surface area contributed by atoms with Crippen LogP contribution in [-0.2, 0) is 6.54 Å². The van der Waals surface area contributed by atoms with Crippen LogP contribution in [0.25, 0.3) is 11.7 Å².